The highest BCUT2D eigenvalue weighted by atomic mass is 32.2. The van der Waals surface area contributed by atoms with Gasteiger partial charge in [-0.05, 0) is 69.5 Å². The summed E-state index contributed by atoms with van der Waals surface area (Å²) in [6, 6.07) is 7.95. The summed E-state index contributed by atoms with van der Waals surface area (Å²) in [6.07, 6.45) is 0.692. The summed E-state index contributed by atoms with van der Waals surface area (Å²) in [5.74, 6) is 1.60. The molecule has 0 fully saturated rings. The molecular weight excluding hydrogens is 516 g/mol. The number of nitrogens with zero attached hydrogens (tertiary/aromatic N) is 2. The number of fused-ring (bicyclic) bond motifs is 1. The van der Waals surface area contributed by atoms with Gasteiger partial charge in [-0.3, -0.25) is 0 Å². The van der Waals surface area contributed by atoms with E-state index in [0.29, 0.717) is 41.0 Å². The lowest BCUT2D eigenvalue weighted by Crippen LogP contribution is -2.23. The highest BCUT2D eigenvalue weighted by molar-refractivity contribution is 7.95. The van der Waals surface area contributed by atoms with E-state index in [-0.39, 0.29) is 27.0 Å². The maximum atomic E-state index is 13.2. The molecule has 2 aromatic carbocycles. The Morgan fingerprint density at radius 1 is 1.11 bits per heavy atom. The molecule has 3 aromatic rings. The van der Waals surface area contributed by atoms with Gasteiger partial charge in [-0.2, -0.15) is 13.5 Å². The van der Waals surface area contributed by atoms with Gasteiger partial charge in [-0.15, -0.1) is 0 Å². The van der Waals surface area contributed by atoms with Crippen molar-refractivity contribution >= 4 is 25.9 Å². The van der Waals surface area contributed by atoms with Crippen LogP contribution in [0.3, 0.4) is 0 Å². The molecule has 0 radical (unpaired) electrons. The van der Waals surface area contributed by atoms with E-state index < -0.39 is 26.1 Å². The second kappa shape index (κ2) is 9.90. The monoisotopic (exact) mass is 544 g/mol. The second-order valence-corrected chi connectivity index (χ2v) is 12.3. The van der Waals surface area contributed by atoms with Crippen LogP contribution in [-0.4, -0.2) is 39.2 Å². The predicted molar refractivity (Wildman–Crippen MR) is 137 cm³/mol. The van der Waals surface area contributed by atoms with Crippen molar-refractivity contribution < 1.29 is 30.6 Å². The number of aromatic nitrogens is 2. The molecule has 1 aliphatic rings. The van der Waals surface area contributed by atoms with Crippen LogP contribution in [0.2, 0.25) is 0 Å². The third-order valence-electron chi connectivity index (χ3n) is 6.42. The van der Waals surface area contributed by atoms with Gasteiger partial charge in [-0.1, -0.05) is 17.7 Å². The van der Waals surface area contributed by atoms with Crippen molar-refractivity contribution in [2.45, 2.75) is 63.5 Å². The van der Waals surface area contributed by atoms with E-state index in [1.165, 1.54) is 23.0 Å². The van der Waals surface area contributed by atoms with Crippen molar-refractivity contribution in [2.75, 3.05) is 6.61 Å². The number of carbonyl (C=O) groups excluding carboxylic acids is 1. The quantitative estimate of drug-likeness (QED) is 0.320. The summed E-state index contributed by atoms with van der Waals surface area (Å²) in [5.41, 5.74) is 3.26. The lowest BCUT2D eigenvalue weighted by molar-refractivity contribution is 0.0604. The molecular formula is C26H28N2O7S2. The lowest BCUT2D eigenvalue weighted by atomic mass is 9.91. The Bertz CT molecular complexity index is 1630. The fourth-order valence-corrected chi connectivity index (χ4v) is 7.35. The summed E-state index contributed by atoms with van der Waals surface area (Å²) < 4.78 is 65.6. The molecule has 1 atom stereocenters. The second-order valence-electron chi connectivity index (χ2n) is 8.82. The van der Waals surface area contributed by atoms with E-state index >= 15 is 0 Å². The van der Waals surface area contributed by atoms with E-state index in [9.17, 15) is 21.6 Å². The minimum Gasteiger partial charge on any atom is -0.373 e. The molecule has 1 unspecified atom stereocenters. The molecule has 4 rings (SSSR count). The Morgan fingerprint density at radius 2 is 1.78 bits per heavy atom. The highest BCUT2D eigenvalue weighted by Crippen LogP contribution is 2.47. The minimum absolute atomic E-state index is 0.00179. The molecule has 0 aliphatic carbocycles. The van der Waals surface area contributed by atoms with Crippen molar-refractivity contribution in [1.29, 1.82) is 0 Å². The van der Waals surface area contributed by atoms with Crippen molar-refractivity contribution in [1.82, 2.24) is 9.78 Å². The first kappa shape index (κ1) is 26.8. The van der Waals surface area contributed by atoms with Crippen molar-refractivity contribution in [3.05, 3.63) is 63.7 Å². The van der Waals surface area contributed by atoms with Gasteiger partial charge < -0.3 is 8.92 Å². The van der Waals surface area contributed by atoms with Gasteiger partial charge in [0.2, 0.25) is 15.7 Å². The van der Waals surface area contributed by atoms with Crippen LogP contribution in [0.4, 0.5) is 0 Å². The number of benzene rings is 2. The van der Waals surface area contributed by atoms with Crippen LogP contribution in [0.25, 0.3) is 11.1 Å². The Hall–Kier alpha value is -3.24. The zero-order chi connectivity index (χ0) is 27.1. The lowest BCUT2D eigenvalue weighted by Gasteiger charge is -2.30. The van der Waals surface area contributed by atoms with Crippen LogP contribution in [-0.2, 0) is 36.0 Å². The first-order chi connectivity index (χ1) is 17.5. The molecule has 1 aliphatic heterocycles. The first-order valence-corrected chi connectivity index (χ1v) is 14.7. The normalized spacial score (nSPS) is 16.8. The molecule has 0 saturated carbocycles. The van der Waals surface area contributed by atoms with E-state index in [4.69, 9.17) is 8.92 Å². The van der Waals surface area contributed by atoms with E-state index in [0.717, 1.165) is 5.56 Å². The SMILES string of the molecule is CCOC1CC(=C=O)S(=O)(=O)c2c(C)cc(-c3cnn(CC)c3OS(=O)(=O)c3ccc(C)cc3)c(C)c21. The summed E-state index contributed by atoms with van der Waals surface area (Å²) in [6.45, 7) is 9.45. The predicted octanol–water partition coefficient (Wildman–Crippen LogP) is 4.23. The maximum absolute atomic E-state index is 13.2. The van der Waals surface area contributed by atoms with Gasteiger partial charge in [0.1, 0.15) is 15.7 Å². The van der Waals surface area contributed by atoms with E-state index in [1.807, 2.05) is 6.92 Å². The number of hydrogen-bond acceptors (Lipinski definition) is 8. The Labute approximate surface area is 216 Å². The molecule has 11 heteroatoms. The largest absolute Gasteiger partial charge is 0.373 e. The van der Waals surface area contributed by atoms with Gasteiger partial charge in [0.05, 0.1) is 22.8 Å². The van der Waals surface area contributed by atoms with Crippen molar-refractivity contribution in [3.63, 3.8) is 0 Å². The number of hydrogen-bond donors (Lipinski definition) is 0. The van der Waals surface area contributed by atoms with Gasteiger partial charge in [-0.25, -0.2) is 17.9 Å². The third-order valence-corrected chi connectivity index (χ3v) is 9.62. The third kappa shape index (κ3) is 4.64. The van der Waals surface area contributed by atoms with E-state index in [1.54, 1.807) is 51.8 Å². The van der Waals surface area contributed by atoms with Crippen LogP contribution in [0.15, 0.2) is 51.2 Å². The Balaban J connectivity index is 1.93. The molecule has 2 heterocycles. The van der Waals surface area contributed by atoms with Crippen LogP contribution >= 0.6 is 0 Å². The van der Waals surface area contributed by atoms with Crippen molar-refractivity contribution in [2.24, 2.45) is 0 Å². The molecule has 37 heavy (non-hydrogen) atoms. The molecule has 0 amide bonds. The number of sulfone groups is 1. The zero-order valence-electron chi connectivity index (χ0n) is 21.2. The molecule has 0 saturated heterocycles. The van der Waals surface area contributed by atoms with Crippen molar-refractivity contribution in [3.8, 4) is 17.0 Å². The first-order valence-electron chi connectivity index (χ1n) is 11.8. The molecule has 1 aromatic heterocycles. The zero-order valence-corrected chi connectivity index (χ0v) is 22.9. The van der Waals surface area contributed by atoms with Crippen LogP contribution < -0.4 is 4.18 Å². The maximum Gasteiger partial charge on any atom is 0.340 e. The molecule has 196 valence electrons. The van der Waals surface area contributed by atoms with Gasteiger partial charge in [0.25, 0.3) is 0 Å². The summed E-state index contributed by atoms with van der Waals surface area (Å²) in [4.78, 5) is 11.2. The van der Waals surface area contributed by atoms with Gasteiger partial charge in [0.15, 0.2) is 0 Å². The van der Waals surface area contributed by atoms with Crippen LogP contribution in [0.1, 0.15) is 48.6 Å². The Morgan fingerprint density at radius 3 is 2.38 bits per heavy atom. The number of ether oxygens (including phenoxy) is 1. The molecule has 0 spiro atoms. The van der Waals surface area contributed by atoms with E-state index in [2.05, 4.69) is 5.10 Å². The fourth-order valence-electron chi connectivity index (χ4n) is 4.61. The molecule has 0 N–H and O–H groups in total. The van der Waals surface area contributed by atoms with Crippen LogP contribution in [0, 0.1) is 20.8 Å². The summed E-state index contributed by atoms with van der Waals surface area (Å²) in [7, 11) is -8.23. The minimum atomic E-state index is -4.18. The fraction of sp³-hybridized carbons (Fsp3) is 0.346. The standard InChI is InChI=1S/C26H28N2O7S2/c1-6-28-26(35-37(32,33)19-10-8-16(3)9-11-19)22(14-27-28)21-12-17(4)25-24(18(21)5)23(34-7-2)13-20(15-29)36(25,30)31/h8-12,14,23H,6-7,13H2,1-5H3. The average molecular weight is 545 g/mol. The Kier molecular flexibility index (Phi) is 7.18. The number of aryl methyl sites for hydroxylation is 3. The van der Waals surface area contributed by atoms with Gasteiger partial charge in [0, 0.05) is 25.1 Å². The molecule has 9 nitrogen and oxygen atoms in total. The summed E-state index contributed by atoms with van der Waals surface area (Å²) >= 11 is 0. The molecule has 0 bridgehead atoms. The topological polar surface area (TPSA) is 122 Å². The van der Waals surface area contributed by atoms with Gasteiger partial charge >= 0.3 is 10.1 Å². The number of rotatable bonds is 7. The highest BCUT2D eigenvalue weighted by Gasteiger charge is 2.39. The summed E-state index contributed by atoms with van der Waals surface area (Å²) in [5, 5.41) is 4.32. The van der Waals surface area contributed by atoms with Crippen LogP contribution in [0.5, 0.6) is 5.88 Å². The average Bonchev–Trinajstić information content (AvgIpc) is 3.23. The smallest absolute Gasteiger partial charge is 0.340 e.